The summed E-state index contributed by atoms with van der Waals surface area (Å²) < 4.78 is 34.2. The lowest BCUT2D eigenvalue weighted by atomic mass is 9.87. The van der Waals surface area contributed by atoms with E-state index in [1.54, 1.807) is 0 Å². The average Bonchev–Trinajstić information content (AvgIpc) is 2.93. The van der Waals surface area contributed by atoms with Crippen molar-refractivity contribution in [3.05, 3.63) is 0 Å². The third kappa shape index (κ3) is 6.74. The van der Waals surface area contributed by atoms with Gasteiger partial charge in [0.1, 0.15) is 36.6 Å². The van der Waals surface area contributed by atoms with Crippen LogP contribution < -0.4 is 0 Å². The van der Waals surface area contributed by atoms with Gasteiger partial charge in [-0.15, -0.1) is 0 Å². The van der Waals surface area contributed by atoms with E-state index in [2.05, 4.69) is 0 Å². The van der Waals surface area contributed by atoms with Crippen LogP contribution in [-0.4, -0.2) is 179 Å². The van der Waals surface area contributed by atoms with Crippen molar-refractivity contribution in [3.63, 3.8) is 0 Å². The minimum atomic E-state index is -1.42. The van der Waals surface area contributed by atoms with Gasteiger partial charge in [-0.05, 0) is 0 Å². The van der Waals surface area contributed by atoms with E-state index in [1.165, 1.54) is 0 Å². The topological polar surface area (TPSA) is 237 Å². The van der Waals surface area contributed by atoms with Crippen molar-refractivity contribution in [2.45, 2.75) is 73.2 Å². The molecule has 9 N–H and O–H groups in total. The Balaban J connectivity index is 1.55. The van der Waals surface area contributed by atoms with Crippen molar-refractivity contribution in [2.75, 3.05) is 59.5 Å². The molecule has 0 aliphatic carbocycles. The summed E-state index contributed by atoms with van der Waals surface area (Å²) in [6, 6.07) is 0. The quantitative estimate of drug-likeness (QED) is 0.154. The van der Waals surface area contributed by atoms with Crippen molar-refractivity contribution >= 4 is 0 Å². The molecular weight excluding hydrogens is 528 g/mol. The van der Waals surface area contributed by atoms with Crippen LogP contribution in [0.15, 0.2) is 0 Å². The first kappa shape index (κ1) is 31.3. The number of aliphatic hydroxyl groups excluding tert-OH is 9. The fraction of sp³-hybridized carbons (Fsp3) is 1.00. The van der Waals surface area contributed by atoms with Gasteiger partial charge in [0.2, 0.25) is 0 Å². The minimum absolute atomic E-state index is 0.181. The Bertz CT molecular complexity index is 645. The molecule has 0 aromatic carbocycles. The van der Waals surface area contributed by atoms with Gasteiger partial charge in [0.05, 0.1) is 96.1 Å². The maximum atomic E-state index is 10.8. The molecule has 0 saturated carbocycles. The van der Waals surface area contributed by atoms with Gasteiger partial charge < -0.3 is 74.4 Å². The Morgan fingerprint density at radius 1 is 0.385 bits per heavy atom. The SMILES string of the molecule is OCC1OC2COCC3C(CO)OC(COCC4C(CO)OC(COCC1C(O)C2O)C(O)C4O)C(O)C3O. The van der Waals surface area contributed by atoms with Gasteiger partial charge in [-0.25, -0.2) is 0 Å². The normalized spacial score (nSPS) is 50.5. The highest BCUT2D eigenvalue weighted by Crippen LogP contribution is 2.31. The Morgan fingerprint density at radius 2 is 0.641 bits per heavy atom. The second kappa shape index (κ2) is 14.0. The van der Waals surface area contributed by atoms with Crippen LogP contribution in [0.3, 0.4) is 0 Å². The summed E-state index contributed by atoms with van der Waals surface area (Å²) in [6.07, 6.45) is -14.3. The monoisotopic (exact) mass is 570 g/mol. The number of hydrogen-bond acceptors (Lipinski definition) is 15. The van der Waals surface area contributed by atoms with E-state index in [0.717, 1.165) is 0 Å². The highest BCUT2D eigenvalue weighted by atomic mass is 16.6. The van der Waals surface area contributed by atoms with Gasteiger partial charge in [0.15, 0.2) is 0 Å². The third-order valence-corrected chi connectivity index (χ3v) is 8.31. The molecule has 9 fully saturated rings. The molecule has 0 spiro atoms. The molecule has 9 rings (SSSR count). The zero-order chi connectivity index (χ0) is 28.3. The molecule has 15 atom stereocenters. The van der Waals surface area contributed by atoms with Crippen molar-refractivity contribution in [2.24, 2.45) is 17.8 Å². The molecule has 228 valence electrons. The average molecular weight is 571 g/mol. The van der Waals surface area contributed by atoms with E-state index in [9.17, 15) is 46.0 Å². The largest absolute Gasteiger partial charge is 0.394 e. The van der Waals surface area contributed by atoms with Crippen LogP contribution in [0.4, 0.5) is 0 Å². The molecule has 39 heavy (non-hydrogen) atoms. The van der Waals surface area contributed by atoms with Crippen molar-refractivity contribution < 1.29 is 74.4 Å². The van der Waals surface area contributed by atoms with Gasteiger partial charge in [0, 0.05) is 17.8 Å². The number of hydrogen-bond donors (Lipinski definition) is 9. The van der Waals surface area contributed by atoms with E-state index in [-0.39, 0.29) is 39.6 Å². The summed E-state index contributed by atoms with van der Waals surface area (Å²) in [6.45, 7) is -2.72. The van der Waals surface area contributed by atoms with Crippen LogP contribution >= 0.6 is 0 Å². The van der Waals surface area contributed by atoms with Gasteiger partial charge >= 0.3 is 0 Å². The highest BCUT2D eigenvalue weighted by Gasteiger charge is 2.48. The molecule has 9 saturated heterocycles. The molecular formula is C24H42O15. The van der Waals surface area contributed by atoms with Crippen LogP contribution in [0.25, 0.3) is 0 Å². The lowest BCUT2D eigenvalue weighted by Gasteiger charge is -2.43. The molecule has 0 aromatic heterocycles. The van der Waals surface area contributed by atoms with E-state index >= 15 is 0 Å². The molecule has 0 radical (unpaired) electrons. The van der Waals surface area contributed by atoms with Crippen LogP contribution in [0.1, 0.15) is 0 Å². The van der Waals surface area contributed by atoms with E-state index in [0.29, 0.717) is 0 Å². The third-order valence-electron chi connectivity index (χ3n) is 8.31. The van der Waals surface area contributed by atoms with Crippen molar-refractivity contribution in [1.29, 1.82) is 0 Å². The second-order valence-corrected chi connectivity index (χ2v) is 10.7. The van der Waals surface area contributed by atoms with Crippen LogP contribution in [0.2, 0.25) is 0 Å². The molecule has 9 aliphatic rings. The number of ether oxygens (including phenoxy) is 6. The lowest BCUT2D eigenvalue weighted by Crippen LogP contribution is -2.59. The molecule has 15 heteroatoms. The van der Waals surface area contributed by atoms with Gasteiger partial charge in [0.25, 0.3) is 0 Å². The zero-order valence-electron chi connectivity index (χ0n) is 21.5. The number of rotatable bonds is 3. The standard InChI is InChI=1S/C24H42O15/c25-1-13-10-4-34-8-17-23(32)21(30)12(15(3-27)38-17)6-36-9-18-24(33)20(29)11(14(2-26)39-18)5-35-7-16(37-13)22(31)19(10)28/h10-33H,1-9H2. The summed E-state index contributed by atoms with van der Waals surface area (Å²) in [5.41, 5.74) is 0. The zero-order valence-corrected chi connectivity index (χ0v) is 21.5. The first-order valence-corrected chi connectivity index (χ1v) is 13.3. The second-order valence-electron chi connectivity index (χ2n) is 10.7. The molecule has 9 aliphatic heterocycles. The molecule has 15 nitrogen and oxygen atoms in total. The van der Waals surface area contributed by atoms with Gasteiger partial charge in [-0.1, -0.05) is 0 Å². The van der Waals surface area contributed by atoms with Crippen LogP contribution in [0.5, 0.6) is 0 Å². The summed E-state index contributed by atoms with van der Waals surface area (Å²) in [5.74, 6) is -2.55. The fourth-order valence-corrected chi connectivity index (χ4v) is 5.82. The maximum absolute atomic E-state index is 10.8. The van der Waals surface area contributed by atoms with Gasteiger partial charge in [-0.2, -0.15) is 0 Å². The highest BCUT2D eigenvalue weighted by molar-refractivity contribution is 4.95. The summed E-state index contributed by atoms with van der Waals surface area (Å²) in [7, 11) is 0. The van der Waals surface area contributed by atoms with Crippen LogP contribution in [0, 0.1) is 17.8 Å². The first-order chi connectivity index (χ1) is 18.7. The van der Waals surface area contributed by atoms with Crippen molar-refractivity contribution in [1.82, 2.24) is 0 Å². The molecule has 0 aromatic rings. The summed E-state index contributed by atoms with van der Waals surface area (Å²) >= 11 is 0. The maximum Gasteiger partial charge on any atom is 0.110 e. The Hall–Kier alpha value is -0.600. The number of aliphatic hydroxyl groups is 9. The predicted octanol–water partition coefficient (Wildman–Crippen LogP) is -5.66. The summed E-state index contributed by atoms with van der Waals surface area (Å²) in [5, 5.41) is 93.8. The minimum Gasteiger partial charge on any atom is -0.394 e. The van der Waals surface area contributed by atoms with E-state index in [4.69, 9.17) is 28.4 Å². The Labute approximate surface area is 225 Å². The van der Waals surface area contributed by atoms with Gasteiger partial charge in [-0.3, -0.25) is 0 Å². The predicted molar refractivity (Wildman–Crippen MR) is 126 cm³/mol. The molecule has 15 unspecified atom stereocenters. The molecule has 9 heterocycles. The fourth-order valence-electron chi connectivity index (χ4n) is 5.82. The van der Waals surface area contributed by atoms with E-state index < -0.39 is 111 Å². The first-order valence-electron chi connectivity index (χ1n) is 13.3. The molecule has 0 amide bonds. The lowest BCUT2D eigenvalue weighted by molar-refractivity contribution is -0.243. The Morgan fingerprint density at radius 3 is 0.872 bits per heavy atom. The van der Waals surface area contributed by atoms with E-state index in [1.807, 2.05) is 0 Å². The summed E-state index contributed by atoms with van der Waals surface area (Å²) in [4.78, 5) is 0. The molecule has 6 bridgehead atoms. The smallest absolute Gasteiger partial charge is 0.110 e. The Kier molecular flexibility index (Phi) is 11.3. The van der Waals surface area contributed by atoms with Crippen LogP contribution in [-0.2, 0) is 28.4 Å². The van der Waals surface area contributed by atoms with Crippen molar-refractivity contribution in [3.8, 4) is 0 Å².